The summed E-state index contributed by atoms with van der Waals surface area (Å²) in [6.07, 6.45) is 0.385. The lowest BCUT2D eigenvalue weighted by molar-refractivity contribution is 0.0651. The summed E-state index contributed by atoms with van der Waals surface area (Å²) in [4.78, 5) is 28.2. The van der Waals surface area contributed by atoms with E-state index in [4.69, 9.17) is 4.42 Å². The summed E-state index contributed by atoms with van der Waals surface area (Å²) in [6, 6.07) is 9.76. The number of carbonyl (C=O) groups is 1. The van der Waals surface area contributed by atoms with Crippen LogP contribution in [-0.4, -0.2) is 36.8 Å². The molecule has 0 bridgehead atoms. The van der Waals surface area contributed by atoms with Crippen LogP contribution in [0.4, 0.5) is 0 Å². The third kappa shape index (κ3) is 3.74. The van der Waals surface area contributed by atoms with Gasteiger partial charge in [-0.25, -0.2) is 8.42 Å². The number of carbonyl (C=O) groups excluding carboxylic acids is 1. The molecule has 1 aromatic carbocycles. The number of rotatable bonds is 4. The summed E-state index contributed by atoms with van der Waals surface area (Å²) in [7, 11) is -3.17. The van der Waals surface area contributed by atoms with Crippen molar-refractivity contribution in [3.63, 3.8) is 0 Å². The first-order valence-corrected chi connectivity index (χ1v) is 11.6. The summed E-state index contributed by atoms with van der Waals surface area (Å²) in [5.41, 5.74) is 0.975. The van der Waals surface area contributed by atoms with Gasteiger partial charge in [0.2, 0.25) is 0 Å². The third-order valence-electron chi connectivity index (χ3n) is 4.91. The van der Waals surface area contributed by atoms with Crippen LogP contribution < -0.4 is 5.43 Å². The Balaban J connectivity index is 1.74. The van der Waals surface area contributed by atoms with Gasteiger partial charge in [0.1, 0.15) is 5.58 Å². The second-order valence-electron chi connectivity index (χ2n) is 7.04. The topological polar surface area (TPSA) is 84.7 Å². The van der Waals surface area contributed by atoms with Crippen molar-refractivity contribution in [3.8, 4) is 0 Å². The Morgan fingerprint density at radius 2 is 2.11 bits per heavy atom. The predicted molar refractivity (Wildman–Crippen MR) is 108 cm³/mol. The number of aryl methyl sites for hydroxylation is 1. The van der Waals surface area contributed by atoms with Gasteiger partial charge in [0.25, 0.3) is 5.91 Å². The van der Waals surface area contributed by atoms with Crippen LogP contribution in [0.5, 0.6) is 0 Å². The first kappa shape index (κ1) is 18.9. The summed E-state index contributed by atoms with van der Waals surface area (Å²) in [5, 5.41) is 2.32. The van der Waals surface area contributed by atoms with E-state index in [-0.39, 0.29) is 29.2 Å². The van der Waals surface area contributed by atoms with Crippen molar-refractivity contribution in [2.75, 3.05) is 11.5 Å². The Kier molecular flexibility index (Phi) is 4.84. The summed E-state index contributed by atoms with van der Waals surface area (Å²) >= 11 is 1.49. The molecule has 1 saturated heterocycles. The molecule has 146 valence electrons. The molecular weight excluding hydrogens is 398 g/mol. The van der Waals surface area contributed by atoms with Crippen LogP contribution >= 0.6 is 11.3 Å². The number of sulfone groups is 1. The fourth-order valence-corrected chi connectivity index (χ4v) is 5.90. The van der Waals surface area contributed by atoms with Gasteiger partial charge in [-0.05, 0) is 42.5 Å². The van der Waals surface area contributed by atoms with Crippen LogP contribution in [0, 0.1) is 6.92 Å². The van der Waals surface area contributed by atoms with Gasteiger partial charge in [-0.2, -0.15) is 0 Å². The molecule has 6 nitrogen and oxygen atoms in total. The maximum absolute atomic E-state index is 13.3. The van der Waals surface area contributed by atoms with Crippen LogP contribution in [0.15, 0.2) is 51.0 Å². The number of amides is 1. The second kappa shape index (κ2) is 7.18. The lowest BCUT2D eigenvalue weighted by Gasteiger charge is -2.27. The third-order valence-corrected chi connectivity index (χ3v) is 7.52. The van der Waals surface area contributed by atoms with Crippen LogP contribution in [-0.2, 0) is 16.4 Å². The monoisotopic (exact) mass is 417 g/mol. The summed E-state index contributed by atoms with van der Waals surface area (Å²) in [6.45, 7) is 2.16. The molecule has 8 heteroatoms. The van der Waals surface area contributed by atoms with Crippen molar-refractivity contribution in [2.45, 2.75) is 25.9 Å². The molecule has 3 heterocycles. The average molecular weight is 418 g/mol. The summed E-state index contributed by atoms with van der Waals surface area (Å²) < 4.78 is 29.7. The Labute approximate surface area is 166 Å². The van der Waals surface area contributed by atoms with E-state index in [1.165, 1.54) is 22.3 Å². The Hall–Kier alpha value is -2.45. The Morgan fingerprint density at radius 3 is 2.79 bits per heavy atom. The van der Waals surface area contributed by atoms with E-state index in [0.717, 1.165) is 10.4 Å². The van der Waals surface area contributed by atoms with E-state index in [0.29, 0.717) is 17.4 Å². The molecule has 0 radical (unpaired) electrons. The molecule has 1 fully saturated rings. The first-order chi connectivity index (χ1) is 13.3. The van der Waals surface area contributed by atoms with E-state index in [9.17, 15) is 18.0 Å². The van der Waals surface area contributed by atoms with Crippen molar-refractivity contribution in [3.05, 3.63) is 68.2 Å². The molecule has 2 aromatic heterocycles. The van der Waals surface area contributed by atoms with E-state index in [2.05, 4.69) is 0 Å². The lowest BCUT2D eigenvalue weighted by atomic mass is 10.1. The molecule has 4 rings (SSSR count). The predicted octanol–water partition coefficient (Wildman–Crippen LogP) is 2.99. The van der Waals surface area contributed by atoms with Crippen LogP contribution in [0.25, 0.3) is 11.0 Å². The zero-order chi connectivity index (χ0) is 19.9. The van der Waals surface area contributed by atoms with Crippen LogP contribution in [0.2, 0.25) is 0 Å². The van der Waals surface area contributed by atoms with Crippen LogP contribution in [0.1, 0.15) is 27.4 Å². The molecule has 0 aliphatic carbocycles. The van der Waals surface area contributed by atoms with Gasteiger partial charge in [-0.15, -0.1) is 11.3 Å². The van der Waals surface area contributed by atoms with Gasteiger partial charge in [0.15, 0.2) is 21.0 Å². The van der Waals surface area contributed by atoms with Crippen molar-refractivity contribution in [2.24, 2.45) is 0 Å². The fraction of sp³-hybridized carbons (Fsp3) is 0.300. The van der Waals surface area contributed by atoms with Gasteiger partial charge < -0.3 is 9.32 Å². The minimum absolute atomic E-state index is 0.0623. The molecule has 1 aliphatic heterocycles. The van der Waals surface area contributed by atoms with Crippen molar-refractivity contribution in [1.82, 2.24) is 4.90 Å². The van der Waals surface area contributed by atoms with E-state index < -0.39 is 21.8 Å². The van der Waals surface area contributed by atoms with Gasteiger partial charge >= 0.3 is 0 Å². The zero-order valence-electron chi connectivity index (χ0n) is 15.3. The van der Waals surface area contributed by atoms with Gasteiger partial charge in [-0.3, -0.25) is 9.59 Å². The molecule has 1 atom stereocenters. The highest BCUT2D eigenvalue weighted by Crippen LogP contribution is 2.24. The Bertz CT molecular complexity index is 1200. The molecule has 0 saturated carbocycles. The number of benzene rings is 1. The zero-order valence-corrected chi connectivity index (χ0v) is 16.9. The molecule has 1 amide bonds. The number of hydrogen-bond acceptors (Lipinski definition) is 6. The van der Waals surface area contributed by atoms with E-state index in [1.54, 1.807) is 12.1 Å². The largest absolute Gasteiger partial charge is 0.451 e. The molecule has 1 aliphatic rings. The van der Waals surface area contributed by atoms with Crippen molar-refractivity contribution in [1.29, 1.82) is 0 Å². The molecule has 28 heavy (non-hydrogen) atoms. The van der Waals surface area contributed by atoms with Gasteiger partial charge in [-0.1, -0.05) is 12.1 Å². The second-order valence-corrected chi connectivity index (χ2v) is 10.3. The SMILES string of the molecule is Cc1ccc2c(=O)cc(C(=O)N(Cc3cccs3)[C@@H]3CCS(=O)(=O)C3)oc2c1. The van der Waals surface area contributed by atoms with Gasteiger partial charge in [0, 0.05) is 17.0 Å². The summed E-state index contributed by atoms with van der Waals surface area (Å²) in [5.74, 6) is -0.534. The maximum atomic E-state index is 13.3. The van der Waals surface area contributed by atoms with Gasteiger partial charge in [0.05, 0.1) is 23.4 Å². The number of fused-ring (bicyclic) bond motifs is 1. The Morgan fingerprint density at radius 1 is 1.29 bits per heavy atom. The van der Waals surface area contributed by atoms with Crippen LogP contribution in [0.3, 0.4) is 0 Å². The molecular formula is C20H19NO5S2. The highest BCUT2D eigenvalue weighted by Gasteiger charge is 2.36. The number of nitrogens with zero attached hydrogens (tertiary/aromatic N) is 1. The first-order valence-electron chi connectivity index (χ1n) is 8.91. The highest BCUT2D eigenvalue weighted by molar-refractivity contribution is 7.91. The molecule has 0 unspecified atom stereocenters. The van der Waals surface area contributed by atoms with Crippen molar-refractivity contribution < 1.29 is 17.6 Å². The minimum Gasteiger partial charge on any atom is -0.451 e. The smallest absolute Gasteiger partial charge is 0.290 e. The number of hydrogen-bond donors (Lipinski definition) is 0. The lowest BCUT2D eigenvalue weighted by Crippen LogP contribution is -2.40. The average Bonchev–Trinajstić information content (AvgIpc) is 3.27. The maximum Gasteiger partial charge on any atom is 0.290 e. The van der Waals surface area contributed by atoms with Crippen molar-refractivity contribution >= 4 is 38.1 Å². The quantitative estimate of drug-likeness (QED) is 0.652. The minimum atomic E-state index is -3.17. The molecule has 0 spiro atoms. The highest BCUT2D eigenvalue weighted by atomic mass is 32.2. The van der Waals surface area contributed by atoms with E-state index >= 15 is 0 Å². The van der Waals surface area contributed by atoms with E-state index in [1.807, 2.05) is 30.5 Å². The molecule has 0 N–H and O–H groups in total. The number of thiophene rings is 1. The fourth-order valence-electron chi connectivity index (χ4n) is 3.47. The standard InChI is InChI=1S/C20H19NO5S2/c1-13-4-5-16-17(22)10-19(26-18(16)9-13)20(23)21(11-15-3-2-7-27-15)14-6-8-28(24,25)12-14/h2-5,7,9-10,14H,6,8,11-12H2,1H3/t14-/m1/s1. The molecule has 3 aromatic rings. The normalized spacial score (nSPS) is 18.4.